The molecular weight excluding hydrogens is 180 g/mol. The van der Waals surface area contributed by atoms with Crippen LogP contribution >= 0.6 is 12.4 Å². The molecule has 1 atom stereocenters. The van der Waals surface area contributed by atoms with Crippen LogP contribution in [0.15, 0.2) is 0 Å². The van der Waals surface area contributed by atoms with E-state index in [2.05, 4.69) is 5.32 Å². The molecule has 1 aliphatic rings. The number of rotatable bonds is 3. The van der Waals surface area contributed by atoms with Crippen molar-refractivity contribution >= 4 is 18.3 Å². The molecule has 1 amide bonds. The lowest BCUT2D eigenvalue weighted by molar-refractivity contribution is -0.118. The van der Waals surface area contributed by atoms with E-state index in [1.165, 1.54) is 0 Å². The van der Waals surface area contributed by atoms with Gasteiger partial charge in [0.05, 0.1) is 13.2 Å². The Labute approximate surface area is 78.2 Å². The van der Waals surface area contributed by atoms with E-state index in [1.54, 1.807) is 0 Å². The quantitative estimate of drug-likeness (QED) is 0.646. The van der Waals surface area contributed by atoms with Crippen molar-refractivity contribution in [2.45, 2.75) is 18.9 Å². The van der Waals surface area contributed by atoms with Crippen LogP contribution in [-0.2, 0) is 9.53 Å². The lowest BCUT2D eigenvalue weighted by atomic mass is 10.1. The van der Waals surface area contributed by atoms with Gasteiger partial charge in [0, 0.05) is 19.0 Å². The number of amides is 1. The Kier molecular flexibility index (Phi) is 6.06. The van der Waals surface area contributed by atoms with E-state index in [-0.39, 0.29) is 18.3 Å². The van der Waals surface area contributed by atoms with Gasteiger partial charge in [0.15, 0.2) is 0 Å². The number of ether oxygens (including phenoxy) is 1. The minimum Gasteiger partial charge on any atom is -0.379 e. The second-order valence-electron chi connectivity index (χ2n) is 2.73. The first kappa shape index (κ1) is 11.7. The summed E-state index contributed by atoms with van der Waals surface area (Å²) in [7, 11) is 0. The highest BCUT2D eigenvalue weighted by Gasteiger charge is 2.12. The number of morpholine rings is 1. The Morgan fingerprint density at radius 1 is 1.67 bits per heavy atom. The molecule has 0 spiro atoms. The van der Waals surface area contributed by atoms with Crippen molar-refractivity contribution in [3.8, 4) is 0 Å². The number of hydrogen-bond donors (Lipinski definition) is 2. The largest absolute Gasteiger partial charge is 0.379 e. The molecule has 0 aromatic carbocycles. The van der Waals surface area contributed by atoms with Crippen LogP contribution in [0.25, 0.3) is 0 Å². The molecule has 3 N–H and O–H groups in total. The fraction of sp³-hybridized carbons (Fsp3) is 0.857. The molecular formula is C7H15ClN2O2. The van der Waals surface area contributed by atoms with Gasteiger partial charge < -0.3 is 15.8 Å². The van der Waals surface area contributed by atoms with Gasteiger partial charge in [-0.15, -0.1) is 12.4 Å². The van der Waals surface area contributed by atoms with E-state index >= 15 is 0 Å². The van der Waals surface area contributed by atoms with E-state index < -0.39 is 0 Å². The zero-order chi connectivity index (χ0) is 8.10. The molecule has 0 bridgehead atoms. The molecule has 1 rings (SSSR count). The van der Waals surface area contributed by atoms with Crippen LogP contribution in [0.5, 0.6) is 0 Å². The first-order valence-corrected chi connectivity index (χ1v) is 3.88. The molecule has 12 heavy (non-hydrogen) atoms. The van der Waals surface area contributed by atoms with E-state index in [9.17, 15) is 4.79 Å². The van der Waals surface area contributed by atoms with Crippen LogP contribution in [0.4, 0.5) is 0 Å². The van der Waals surface area contributed by atoms with Crippen molar-refractivity contribution in [2.24, 2.45) is 5.73 Å². The summed E-state index contributed by atoms with van der Waals surface area (Å²) in [4.78, 5) is 10.4. The van der Waals surface area contributed by atoms with Crippen molar-refractivity contribution in [2.75, 3.05) is 19.8 Å². The van der Waals surface area contributed by atoms with E-state index in [1.807, 2.05) is 0 Å². The van der Waals surface area contributed by atoms with E-state index in [0.717, 1.165) is 19.6 Å². The number of primary amides is 1. The predicted octanol–water partition coefficient (Wildman–Crippen LogP) is -0.338. The van der Waals surface area contributed by atoms with Crippen molar-refractivity contribution in [3.63, 3.8) is 0 Å². The minimum absolute atomic E-state index is 0. The lowest BCUT2D eigenvalue weighted by Gasteiger charge is -2.22. The maximum absolute atomic E-state index is 10.4. The smallest absolute Gasteiger partial charge is 0.217 e. The van der Waals surface area contributed by atoms with Gasteiger partial charge in [-0.2, -0.15) is 0 Å². The summed E-state index contributed by atoms with van der Waals surface area (Å²) in [6.07, 6.45) is 1.23. The highest BCUT2D eigenvalue weighted by molar-refractivity contribution is 5.85. The first-order valence-electron chi connectivity index (χ1n) is 3.88. The normalized spacial score (nSPS) is 22.8. The summed E-state index contributed by atoms with van der Waals surface area (Å²) in [5.41, 5.74) is 5.00. The minimum atomic E-state index is -0.239. The summed E-state index contributed by atoms with van der Waals surface area (Å²) >= 11 is 0. The van der Waals surface area contributed by atoms with Gasteiger partial charge in [-0.05, 0) is 6.42 Å². The molecule has 1 aliphatic heterocycles. The molecule has 0 aromatic heterocycles. The van der Waals surface area contributed by atoms with Crippen LogP contribution < -0.4 is 11.1 Å². The first-order chi connectivity index (χ1) is 5.29. The number of carbonyl (C=O) groups is 1. The highest BCUT2D eigenvalue weighted by Crippen LogP contribution is 2.00. The molecule has 72 valence electrons. The van der Waals surface area contributed by atoms with Crippen LogP contribution in [-0.4, -0.2) is 31.7 Å². The third kappa shape index (κ3) is 4.54. The number of nitrogens with two attached hydrogens (primary N) is 1. The van der Waals surface area contributed by atoms with Crippen LogP contribution in [0.1, 0.15) is 12.8 Å². The molecule has 1 saturated heterocycles. The number of nitrogens with one attached hydrogen (secondary N) is 1. The number of halogens is 1. The van der Waals surface area contributed by atoms with Gasteiger partial charge in [-0.25, -0.2) is 0 Å². The maximum atomic E-state index is 10.4. The van der Waals surface area contributed by atoms with Gasteiger partial charge >= 0.3 is 0 Å². The van der Waals surface area contributed by atoms with Gasteiger partial charge in [-0.1, -0.05) is 0 Å². The molecule has 1 fully saturated rings. The van der Waals surface area contributed by atoms with Gasteiger partial charge in [0.25, 0.3) is 0 Å². The average molecular weight is 195 g/mol. The van der Waals surface area contributed by atoms with Crippen molar-refractivity contribution in [1.82, 2.24) is 5.32 Å². The summed E-state index contributed by atoms with van der Waals surface area (Å²) in [6, 6.07) is 0.316. The van der Waals surface area contributed by atoms with E-state index in [4.69, 9.17) is 10.5 Å². The third-order valence-corrected chi connectivity index (χ3v) is 1.74. The van der Waals surface area contributed by atoms with Crippen molar-refractivity contribution < 1.29 is 9.53 Å². The van der Waals surface area contributed by atoms with Gasteiger partial charge in [-0.3, -0.25) is 4.79 Å². The molecule has 5 heteroatoms. The Balaban J connectivity index is 0.00000121. The number of hydrogen-bond acceptors (Lipinski definition) is 3. The monoisotopic (exact) mass is 194 g/mol. The summed E-state index contributed by atoms with van der Waals surface area (Å²) in [6.45, 7) is 2.35. The Morgan fingerprint density at radius 3 is 2.92 bits per heavy atom. The molecule has 1 unspecified atom stereocenters. The zero-order valence-electron chi connectivity index (χ0n) is 6.91. The third-order valence-electron chi connectivity index (χ3n) is 1.74. The van der Waals surface area contributed by atoms with Crippen LogP contribution in [0.2, 0.25) is 0 Å². The predicted molar refractivity (Wildman–Crippen MR) is 48.3 cm³/mol. The molecule has 1 heterocycles. The van der Waals surface area contributed by atoms with Crippen LogP contribution in [0, 0.1) is 0 Å². The number of carbonyl (C=O) groups excluding carboxylic acids is 1. The maximum Gasteiger partial charge on any atom is 0.217 e. The standard InChI is InChI=1S/C7H14N2O2.ClH/c8-7(10)2-1-6-5-11-4-3-9-6;/h6,9H,1-5H2,(H2,8,10);1H. The second kappa shape index (κ2) is 6.22. The van der Waals surface area contributed by atoms with Crippen LogP contribution in [0.3, 0.4) is 0 Å². The molecule has 4 nitrogen and oxygen atoms in total. The molecule has 0 radical (unpaired) electrons. The summed E-state index contributed by atoms with van der Waals surface area (Å²) < 4.78 is 5.20. The Morgan fingerprint density at radius 2 is 2.42 bits per heavy atom. The fourth-order valence-electron chi connectivity index (χ4n) is 1.12. The summed E-state index contributed by atoms with van der Waals surface area (Å²) in [5, 5.41) is 3.24. The SMILES string of the molecule is Cl.NC(=O)CCC1COCCN1. The zero-order valence-corrected chi connectivity index (χ0v) is 7.73. The average Bonchev–Trinajstić information content (AvgIpc) is 2.03. The molecule has 0 aliphatic carbocycles. The van der Waals surface area contributed by atoms with Gasteiger partial charge in [0.2, 0.25) is 5.91 Å². The van der Waals surface area contributed by atoms with Gasteiger partial charge in [0.1, 0.15) is 0 Å². The Bertz CT molecular complexity index is 137. The van der Waals surface area contributed by atoms with E-state index in [0.29, 0.717) is 19.1 Å². The molecule has 0 aromatic rings. The topological polar surface area (TPSA) is 64.4 Å². The lowest BCUT2D eigenvalue weighted by Crippen LogP contribution is -2.41. The molecule has 0 saturated carbocycles. The van der Waals surface area contributed by atoms with Crippen molar-refractivity contribution in [1.29, 1.82) is 0 Å². The highest BCUT2D eigenvalue weighted by atomic mass is 35.5. The fourth-order valence-corrected chi connectivity index (χ4v) is 1.12. The van der Waals surface area contributed by atoms with Crippen molar-refractivity contribution in [3.05, 3.63) is 0 Å². The second-order valence-corrected chi connectivity index (χ2v) is 2.73. The summed E-state index contributed by atoms with van der Waals surface area (Å²) in [5.74, 6) is -0.239. The Hall–Kier alpha value is -0.320.